The average molecular weight is 375 g/mol. The second-order valence-electron chi connectivity index (χ2n) is 5.83. The molecule has 6 nitrogen and oxygen atoms in total. The Balaban J connectivity index is 1.53. The highest BCUT2D eigenvalue weighted by Crippen LogP contribution is 2.29. The Morgan fingerprint density at radius 1 is 0.815 bits per heavy atom. The lowest BCUT2D eigenvalue weighted by Crippen LogP contribution is -1.84. The summed E-state index contributed by atoms with van der Waals surface area (Å²) in [5.74, 6) is 1.32. The molecule has 0 amide bonds. The first kappa shape index (κ1) is 15.7. The molecule has 0 bridgehead atoms. The topological polar surface area (TPSA) is 77.8 Å². The Bertz CT molecular complexity index is 1250. The van der Waals surface area contributed by atoms with Crippen molar-refractivity contribution < 1.29 is 8.94 Å². The molecule has 5 aromatic rings. The van der Waals surface area contributed by atoms with Crippen molar-refractivity contribution in [3.05, 3.63) is 72.0 Å². The first-order chi connectivity index (χ1) is 13.3. The van der Waals surface area contributed by atoms with Crippen LogP contribution in [0.3, 0.4) is 0 Å². The van der Waals surface area contributed by atoms with E-state index in [9.17, 15) is 0 Å². The lowest BCUT2D eigenvalue weighted by Gasteiger charge is -1.95. The van der Waals surface area contributed by atoms with Gasteiger partial charge in [0.1, 0.15) is 10.7 Å². The van der Waals surface area contributed by atoms with Gasteiger partial charge in [-0.25, -0.2) is 9.97 Å². The van der Waals surface area contributed by atoms with Crippen molar-refractivity contribution in [2.45, 2.75) is 0 Å². The van der Waals surface area contributed by atoms with Gasteiger partial charge in [-0.1, -0.05) is 35.0 Å². The molecule has 7 heteroatoms. The van der Waals surface area contributed by atoms with Crippen LogP contribution in [0, 0.1) is 0 Å². The van der Waals surface area contributed by atoms with E-state index in [1.165, 1.54) is 0 Å². The molecule has 0 spiro atoms. The zero-order valence-corrected chi connectivity index (χ0v) is 14.6. The third kappa shape index (κ3) is 2.86. The molecule has 0 radical (unpaired) electrons. The first-order valence-corrected chi connectivity index (χ1v) is 8.57. The second kappa shape index (κ2) is 6.34. The highest BCUT2D eigenvalue weighted by Gasteiger charge is 2.15. The molecule has 3 heterocycles. The van der Waals surface area contributed by atoms with Gasteiger partial charge in [0.15, 0.2) is 5.58 Å². The fourth-order valence-corrected chi connectivity index (χ4v) is 2.97. The van der Waals surface area contributed by atoms with E-state index >= 15 is 0 Å². The van der Waals surface area contributed by atoms with Crippen LogP contribution in [0.1, 0.15) is 0 Å². The van der Waals surface area contributed by atoms with Crippen LogP contribution >= 0.6 is 11.6 Å². The van der Waals surface area contributed by atoms with Gasteiger partial charge in [0, 0.05) is 17.3 Å². The summed E-state index contributed by atoms with van der Waals surface area (Å²) in [6.07, 6.45) is 1.60. The highest BCUT2D eigenvalue weighted by molar-refractivity contribution is 6.31. The summed E-state index contributed by atoms with van der Waals surface area (Å²) in [7, 11) is 0. The minimum absolute atomic E-state index is 0.312. The van der Waals surface area contributed by atoms with E-state index in [-0.39, 0.29) is 0 Å². The number of fused-ring (bicyclic) bond motifs is 1. The van der Waals surface area contributed by atoms with E-state index in [1.807, 2.05) is 48.5 Å². The van der Waals surface area contributed by atoms with Crippen LogP contribution in [0.5, 0.6) is 0 Å². The van der Waals surface area contributed by atoms with Crippen molar-refractivity contribution in [3.8, 4) is 34.3 Å². The molecular formula is C20H11ClN4O2. The molecule has 0 saturated heterocycles. The van der Waals surface area contributed by atoms with Gasteiger partial charge in [-0.05, 0) is 42.5 Å². The number of halogens is 1. The molecule has 0 fully saturated rings. The average Bonchev–Trinajstić information content (AvgIpc) is 3.36. The Morgan fingerprint density at radius 3 is 2.56 bits per heavy atom. The maximum Gasteiger partial charge on any atom is 0.261 e. The van der Waals surface area contributed by atoms with Crippen molar-refractivity contribution in [1.82, 2.24) is 20.1 Å². The number of rotatable bonds is 3. The van der Waals surface area contributed by atoms with Crippen LogP contribution in [0.4, 0.5) is 0 Å². The number of benzene rings is 2. The molecule has 0 aliphatic rings. The van der Waals surface area contributed by atoms with Crippen molar-refractivity contribution >= 4 is 22.7 Å². The van der Waals surface area contributed by atoms with E-state index in [4.69, 9.17) is 20.5 Å². The van der Waals surface area contributed by atoms with Crippen molar-refractivity contribution in [2.24, 2.45) is 0 Å². The van der Waals surface area contributed by atoms with Gasteiger partial charge in [-0.15, -0.1) is 0 Å². The van der Waals surface area contributed by atoms with Crippen LogP contribution in [0.15, 0.2) is 75.8 Å². The maximum atomic E-state index is 6.09. The molecular weight excluding hydrogens is 364 g/mol. The van der Waals surface area contributed by atoms with Crippen LogP contribution in [0.25, 0.3) is 45.4 Å². The zero-order chi connectivity index (χ0) is 18.2. The monoisotopic (exact) mass is 374 g/mol. The number of nitrogens with zero attached hydrogens (tertiary/aromatic N) is 4. The third-order valence-electron chi connectivity index (χ3n) is 4.08. The number of hydrogen-bond acceptors (Lipinski definition) is 6. The molecule has 27 heavy (non-hydrogen) atoms. The molecule has 0 saturated carbocycles. The standard InChI is InChI=1S/C20H11ClN4O2/c21-17-14(7-4-10-22-17)20-24-18(25-27-20)13-8-9-16-15(11-13)23-19(26-16)12-5-2-1-3-6-12/h1-11H. The van der Waals surface area contributed by atoms with Crippen LogP contribution in [-0.2, 0) is 0 Å². The van der Waals surface area contributed by atoms with Gasteiger partial charge in [0.05, 0.1) is 5.56 Å². The summed E-state index contributed by atoms with van der Waals surface area (Å²) in [5.41, 5.74) is 3.69. The smallest absolute Gasteiger partial charge is 0.261 e. The molecule has 0 N–H and O–H groups in total. The van der Waals surface area contributed by atoms with Gasteiger partial charge in [0.2, 0.25) is 11.7 Å². The summed E-state index contributed by atoms with van der Waals surface area (Å²) in [6, 6.07) is 18.9. The SMILES string of the molecule is Clc1ncccc1-c1nc(-c2ccc3oc(-c4ccccc4)nc3c2)no1. The largest absolute Gasteiger partial charge is 0.436 e. The Hall–Kier alpha value is -3.51. The molecule has 0 atom stereocenters. The maximum absolute atomic E-state index is 6.09. The first-order valence-electron chi connectivity index (χ1n) is 8.19. The van der Waals surface area contributed by atoms with E-state index in [1.54, 1.807) is 18.3 Å². The third-order valence-corrected chi connectivity index (χ3v) is 4.38. The fourth-order valence-electron chi connectivity index (χ4n) is 2.77. The predicted molar refractivity (Wildman–Crippen MR) is 101 cm³/mol. The normalized spacial score (nSPS) is 11.1. The molecule has 0 unspecified atom stereocenters. The van der Waals surface area contributed by atoms with Crippen LogP contribution < -0.4 is 0 Å². The Morgan fingerprint density at radius 2 is 1.70 bits per heavy atom. The van der Waals surface area contributed by atoms with Crippen LogP contribution in [0.2, 0.25) is 5.15 Å². The summed E-state index contributed by atoms with van der Waals surface area (Å²) >= 11 is 6.09. The Labute approximate surface area is 158 Å². The van der Waals surface area contributed by atoms with Crippen molar-refractivity contribution in [2.75, 3.05) is 0 Å². The molecule has 0 aliphatic carbocycles. The van der Waals surface area contributed by atoms with Gasteiger partial charge >= 0.3 is 0 Å². The van der Waals surface area contributed by atoms with Crippen molar-refractivity contribution in [1.29, 1.82) is 0 Å². The quantitative estimate of drug-likeness (QED) is 0.401. The molecule has 130 valence electrons. The Kier molecular flexibility index (Phi) is 3.69. The van der Waals surface area contributed by atoms with E-state index in [2.05, 4.69) is 20.1 Å². The second-order valence-corrected chi connectivity index (χ2v) is 6.19. The molecule has 3 aromatic heterocycles. The molecule has 0 aliphatic heterocycles. The van der Waals surface area contributed by atoms with E-state index < -0.39 is 0 Å². The minimum atomic E-state index is 0.312. The van der Waals surface area contributed by atoms with Gasteiger partial charge in [0.25, 0.3) is 5.89 Å². The summed E-state index contributed by atoms with van der Waals surface area (Å²) in [4.78, 5) is 13.0. The molecule has 5 rings (SSSR count). The lowest BCUT2D eigenvalue weighted by atomic mass is 10.2. The van der Waals surface area contributed by atoms with Gasteiger partial charge < -0.3 is 8.94 Å². The number of hydrogen-bond donors (Lipinski definition) is 0. The zero-order valence-electron chi connectivity index (χ0n) is 13.8. The van der Waals surface area contributed by atoms with Crippen molar-refractivity contribution in [3.63, 3.8) is 0 Å². The van der Waals surface area contributed by atoms with Gasteiger partial charge in [-0.2, -0.15) is 4.98 Å². The van der Waals surface area contributed by atoms with Gasteiger partial charge in [-0.3, -0.25) is 0 Å². The minimum Gasteiger partial charge on any atom is -0.436 e. The summed E-state index contributed by atoms with van der Waals surface area (Å²) < 4.78 is 11.2. The van der Waals surface area contributed by atoms with E-state index in [0.29, 0.717) is 33.9 Å². The van der Waals surface area contributed by atoms with Crippen LogP contribution in [-0.4, -0.2) is 20.1 Å². The van der Waals surface area contributed by atoms with E-state index in [0.717, 1.165) is 16.6 Å². The predicted octanol–water partition coefficient (Wildman–Crippen LogP) is 5.26. The molecule has 2 aromatic carbocycles. The number of oxazole rings is 1. The fraction of sp³-hybridized carbons (Fsp3) is 0. The number of aromatic nitrogens is 4. The number of pyridine rings is 1. The summed E-state index contributed by atoms with van der Waals surface area (Å²) in [5, 5.41) is 4.36. The highest BCUT2D eigenvalue weighted by atomic mass is 35.5. The lowest BCUT2D eigenvalue weighted by molar-refractivity contribution is 0.432. The summed E-state index contributed by atoms with van der Waals surface area (Å²) in [6.45, 7) is 0.